The first-order chi connectivity index (χ1) is 25.9. The topological polar surface area (TPSA) is 154 Å². The third-order valence-corrected chi connectivity index (χ3v) is 13.6. The van der Waals surface area contributed by atoms with Gasteiger partial charge in [-0.3, -0.25) is 29.3 Å². The van der Waals surface area contributed by atoms with Crippen LogP contribution >= 0.6 is 0 Å². The third kappa shape index (κ3) is 8.78. The number of aromatic hydroxyl groups is 1. The minimum absolute atomic E-state index is 0.0177. The average Bonchev–Trinajstić information content (AvgIpc) is 3.13. The standard InChI is InChI=1S/C45H64N4O6/c1-9-10-11-21-43(6,33-17-13-30-15-19-35(51)25-32(30)24-33)41(54)49-42(55)45(8)23-12-22-44(7)36-26-34(18-14-31(36)16-20-37(44)45)48-39(52)28(4)46-40(53)38(27(2)3)47-29(5)50/h14-15,18-19,25-28,33,37-38,51H,9-13,16-17,20-24H2,1-8H3,(H,46,53)(H,47,50)(H,48,52)(H,49,54,55)/t28-,33+,37+,38-,43?,44+,45-/m0/s1. The SMILES string of the molecule is CCCCCC(C)(C(=O)NC(=O)[C@@]1(C)CCC[C@]2(C)c3cc(NC(=O)[C@H](C)NC(=O)[C@@H](NC(C)=O)C(C)C)ccc3CC[C@@H]12)[C@@H]1CCc2ccc(O)cc2C1. The molecule has 7 atom stereocenters. The Bertz CT molecular complexity index is 1790. The van der Waals surface area contributed by atoms with Crippen molar-refractivity contribution in [2.24, 2.45) is 28.6 Å². The molecule has 1 fully saturated rings. The van der Waals surface area contributed by atoms with Crippen LogP contribution in [0.5, 0.6) is 5.75 Å². The van der Waals surface area contributed by atoms with Gasteiger partial charge in [-0.25, -0.2) is 0 Å². The van der Waals surface area contributed by atoms with Gasteiger partial charge in [0.1, 0.15) is 17.8 Å². The second-order valence-corrected chi connectivity index (χ2v) is 17.8. The highest BCUT2D eigenvalue weighted by atomic mass is 16.3. The molecule has 0 spiro atoms. The number of nitrogens with one attached hydrogen (secondary N) is 4. The van der Waals surface area contributed by atoms with Gasteiger partial charge in [-0.15, -0.1) is 0 Å². The molecule has 3 aliphatic carbocycles. The van der Waals surface area contributed by atoms with Crippen LogP contribution in [0.3, 0.4) is 0 Å². The Balaban J connectivity index is 1.33. The molecule has 0 aromatic heterocycles. The van der Waals surface area contributed by atoms with Crippen molar-refractivity contribution in [3.8, 4) is 5.75 Å². The maximum Gasteiger partial charge on any atom is 0.246 e. The molecule has 5 N–H and O–H groups in total. The van der Waals surface area contributed by atoms with Crippen molar-refractivity contribution in [2.45, 2.75) is 150 Å². The maximum absolute atomic E-state index is 14.6. The first kappa shape index (κ1) is 41.9. The number of unbranched alkanes of at least 4 members (excludes halogenated alkanes) is 2. The van der Waals surface area contributed by atoms with Gasteiger partial charge in [0, 0.05) is 18.0 Å². The highest BCUT2D eigenvalue weighted by molar-refractivity contribution is 6.01. The van der Waals surface area contributed by atoms with E-state index in [-0.39, 0.29) is 52.5 Å². The van der Waals surface area contributed by atoms with Gasteiger partial charge in [-0.1, -0.05) is 79.4 Å². The molecule has 55 heavy (non-hydrogen) atoms. The Morgan fingerprint density at radius 1 is 0.891 bits per heavy atom. The summed E-state index contributed by atoms with van der Waals surface area (Å²) in [5, 5.41) is 21.6. The minimum Gasteiger partial charge on any atom is -0.508 e. The monoisotopic (exact) mass is 756 g/mol. The van der Waals surface area contributed by atoms with E-state index >= 15 is 0 Å². The van der Waals surface area contributed by atoms with Crippen molar-refractivity contribution >= 4 is 35.2 Å². The number of phenols is 1. The zero-order valence-electron chi connectivity index (χ0n) is 34.3. The fraction of sp³-hybridized carbons (Fsp3) is 0.622. The number of hydrogen-bond acceptors (Lipinski definition) is 6. The highest BCUT2D eigenvalue weighted by Gasteiger charge is 2.56. The summed E-state index contributed by atoms with van der Waals surface area (Å²) < 4.78 is 0. The van der Waals surface area contributed by atoms with Crippen molar-refractivity contribution in [1.82, 2.24) is 16.0 Å². The van der Waals surface area contributed by atoms with Crippen LogP contribution in [0.2, 0.25) is 0 Å². The number of carbonyl (C=O) groups is 5. The van der Waals surface area contributed by atoms with E-state index in [4.69, 9.17) is 0 Å². The summed E-state index contributed by atoms with van der Waals surface area (Å²) >= 11 is 0. The molecule has 1 saturated carbocycles. The lowest BCUT2D eigenvalue weighted by Gasteiger charge is -2.54. The summed E-state index contributed by atoms with van der Waals surface area (Å²) in [6.45, 7) is 15.1. The number of rotatable bonds is 13. The molecule has 300 valence electrons. The molecular formula is C45H64N4O6. The van der Waals surface area contributed by atoms with E-state index in [1.165, 1.54) is 18.1 Å². The molecule has 2 aromatic rings. The van der Waals surface area contributed by atoms with Crippen molar-refractivity contribution < 1.29 is 29.1 Å². The molecule has 0 heterocycles. The van der Waals surface area contributed by atoms with Crippen LogP contribution in [0.15, 0.2) is 36.4 Å². The third-order valence-electron chi connectivity index (χ3n) is 13.6. The van der Waals surface area contributed by atoms with Crippen molar-refractivity contribution in [1.29, 1.82) is 0 Å². The van der Waals surface area contributed by atoms with Gasteiger partial charge in [0.25, 0.3) is 0 Å². The van der Waals surface area contributed by atoms with Gasteiger partial charge in [0.2, 0.25) is 29.5 Å². The number of phenolic OH excluding ortho intramolecular Hbond substituents is 1. The highest BCUT2D eigenvalue weighted by Crippen LogP contribution is 2.58. The lowest BCUT2D eigenvalue weighted by Crippen LogP contribution is -2.58. The van der Waals surface area contributed by atoms with E-state index in [1.807, 2.05) is 52.0 Å². The first-order valence-electron chi connectivity index (χ1n) is 20.6. The molecule has 10 heteroatoms. The van der Waals surface area contributed by atoms with Gasteiger partial charge in [-0.2, -0.15) is 0 Å². The van der Waals surface area contributed by atoms with E-state index in [2.05, 4.69) is 41.2 Å². The predicted molar refractivity (Wildman–Crippen MR) is 215 cm³/mol. The van der Waals surface area contributed by atoms with E-state index in [1.54, 1.807) is 13.0 Å². The quantitative estimate of drug-likeness (QED) is 0.138. The second-order valence-electron chi connectivity index (χ2n) is 17.8. The average molecular weight is 757 g/mol. The number of hydrogen-bond donors (Lipinski definition) is 5. The van der Waals surface area contributed by atoms with Crippen LogP contribution in [0.4, 0.5) is 5.69 Å². The molecule has 3 aliphatic rings. The summed E-state index contributed by atoms with van der Waals surface area (Å²) in [6, 6.07) is 9.92. The Kier molecular flexibility index (Phi) is 12.9. The summed E-state index contributed by atoms with van der Waals surface area (Å²) in [5.41, 5.74) is 3.37. The summed E-state index contributed by atoms with van der Waals surface area (Å²) in [4.78, 5) is 67.0. The number of anilines is 1. The van der Waals surface area contributed by atoms with Crippen molar-refractivity contribution in [3.63, 3.8) is 0 Å². The smallest absolute Gasteiger partial charge is 0.246 e. The Morgan fingerprint density at radius 2 is 1.60 bits per heavy atom. The molecular weight excluding hydrogens is 693 g/mol. The number of aryl methyl sites for hydroxylation is 2. The summed E-state index contributed by atoms with van der Waals surface area (Å²) in [6.07, 6.45) is 10.1. The van der Waals surface area contributed by atoms with Crippen LogP contribution in [0.25, 0.3) is 0 Å². The Labute approximate surface area is 327 Å². The summed E-state index contributed by atoms with van der Waals surface area (Å²) in [5.74, 6) is -1.37. The molecule has 0 aliphatic heterocycles. The van der Waals surface area contributed by atoms with Crippen LogP contribution in [-0.4, -0.2) is 46.7 Å². The first-order valence-corrected chi connectivity index (χ1v) is 20.6. The van der Waals surface area contributed by atoms with Crippen LogP contribution < -0.4 is 21.3 Å². The number of imide groups is 1. The van der Waals surface area contributed by atoms with Crippen molar-refractivity contribution in [3.05, 3.63) is 58.7 Å². The van der Waals surface area contributed by atoms with Crippen LogP contribution in [0.1, 0.15) is 135 Å². The van der Waals surface area contributed by atoms with E-state index < -0.39 is 28.8 Å². The molecule has 10 nitrogen and oxygen atoms in total. The van der Waals surface area contributed by atoms with Gasteiger partial charge >= 0.3 is 0 Å². The molecule has 0 bridgehead atoms. The van der Waals surface area contributed by atoms with E-state index in [9.17, 15) is 29.1 Å². The van der Waals surface area contributed by atoms with E-state index in [0.717, 1.165) is 68.9 Å². The van der Waals surface area contributed by atoms with Crippen LogP contribution in [0, 0.1) is 28.6 Å². The van der Waals surface area contributed by atoms with Gasteiger partial charge in [0.15, 0.2) is 0 Å². The van der Waals surface area contributed by atoms with E-state index in [0.29, 0.717) is 24.9 Å². The molecule has 2 aromatic carbocycles. The fourth-order valence-corrected chi connectivity index (χ4v) is 10.1. The molecule has 5 amide bonds. The lowest BCUT2D eigenvalue weighted by atomic mass is 9.49. The van der Waals surface area contributed by atoms with Gasteiger partial charge in [-0.05, 0) is 128 Å². The number of benzene rings is 2. The zero-order valence-corrected chi connectivity index (χ0v) is 34.3. The lowest BCUT2D eigenvalue weighted by molar-refractivity contribution is -0.148. The second kappa shape index (κ2) is 16.9. The normalized spacial score (nSPS) is 25.2. The summed E-state index contributed by atoms with van der Waals surface area (Å²) in [7, 11) is 0. The van der Waals surface area contributed by atoms with Gasteiger partial charge in [0.05, 0.1) is 5.41 Å². The maximum atomic E-state index is 14.6. The van der Waals surface area contributed by atoms with Crippen molar-refractivity contribution in [2.75, 3.05) is 5.32 Å². The van der Waals surface area contributed by atoms with Gasteiger partial charge < -0.3 is 21.1 Å². The van der Waals surface area contributed by atoms with Crippen LogP contribution in [-0.2, 0) is 48.7 Å². The number of amides is 5. The predicted octanol–water partition coefficient (Wildman–Crippen LogP) is 7.04. The molecule has 0 radical (unpaired) electrons. The molecule has 0 saturated heterocycles. The fourth-order valence-electron chi connectivity index (χ4n) is 10.1. The Hall–Kier alpha value is -4.21. The number of carbonyl (C=O) groups excluding carboxylic acids is 5. The number of fused-ring (bicyclic) bond motifs is 4. The molecule has 1 unspecified atom stereocenters. The minimum atomic E-state index is -0.843. The Morgan fingerprint density at radius 3 is 2.29 bits per heavy atom. The molecule has 5 rings (SSSR count). The zero-order chi connectivity index (χ0) is 40.3. The largest absolute Gasteiger partial charge is 0.508 e.